The van der Waals surface area contributed by atoms with Crippen LogP contribution in [0.1, 0.15) is 30.3 Å². The number of aryl methyl sites for hydroxylation is 4. The Hall–Kier alpha value is -1.78. The fourth-order valence-electron chi connectivity index (χ4n) is 2.05. The molecule has 0 atom stereocenters. The van der Waals surface area contributed by atoms with E-state index in [-0.39, 0.29) is 0 Å². The van der Waals surface area contributed by atoms with Crippen LogP contribution < -0.4 is 5.32 Å². The number of aromatic nitrogens is 4. The Kier molecular flexibility index (Phi) is 3.69. The van der Waals surface area contributed by atoms with Gasteiger partial charge in [-0.25, -0.2) is 0 Å². The highest BCUT2D eigenvalue weighted by Crippen LogP contribution is 2.15. The molecule has 0 aromatic carbocycles. The van der Waals surface area contributed by atoms with Crippen molar-refractivity contribution in [1.82, 2.24) is 19.6 Å². The molecule has 0 aliphatic heterocycles. The molecule has 2 aromatic heterocycles. The lowest BCUT2D eigenvalue weighted by atomic mass is 10.2. The molecule has 2 rings (SSSR count). The SMILES string of the molecule is CCCn1cc(NCc2cn(C)nc2C)c(C)n1. The fraction of sp³-hybridized carbons (Fsp3) is 0.538. The molecular formula is C13H21N5. The smallest absolute Gasteiger partial charge is 0.0825 e. The van der Waals surface area contributed by atoms with Crippen molar-refractivity contribution in [1.29, 1.82) is 0 Å². The average molecular weight is 247 g/mol. The van der Waals surface area contributed by atoms with E-state index >= 15 is 0 Å². The summed E-state index contributed by atoms with van der Waals surface area (Å²) in [7, 11) is 1.95. The minimum Gasteiger partial charge on any atom is -0.378 e. The second kappa shape index (κ2) is 5.25. The van der Waals surface area contributed by atoms with E-state index in [1.807, 2.05) is 36.5 Å². The number of hydrogen-bond donors (Lipinski definition) is 1. The maximum atomic E-state index is 4.47. The van der Waals surface area contributed by atoms with Crippen LogP contribution in [0.3, 0.4) is 0 Å². The summed E-state index contributed by atoms with van der Waals surface area (Å²) in [5.41, 5.74) is 4.44. The fourth-order valence-corrected chi connectivity index (χ4v) is 2.05. The van der Waals surface area contributed by atoms with Crippen molar-refractivity contribution < 1.29 is 0 Å². The summed E-state index contributed by atoms with van der Waals surface area (Å²) in [6.07, 6.45) is 5.22. The molecule has 98 valence electrons. The van der Waals surface area contributed by atoms with Crippen molar-refractivity contribution in [2.75, 3.05) is 5.32 Å². The Bertz CT molecular complexity index is 523. The van der Waals surface area contributed by atoms with Gasteiger partial charge in [0.05, 0.1) is 17.1 Å². The van der Waals surface area contributed by atoms with Gasteiger partial charge in [0, 0.05) is 38.1 Å². The maximum absolute atomic E-state index is 4.47. The van der Waals surface area contributed by atoms with Gasteiger partial charge in [0.1, 0.15) is 0 Å². The summed E-state index contributed by atoms with van der Waals surface area (Å²) in [4.78, 5) is 0. The topological polar surface area (TPSA) is 47.7 Å². The second-order valence-corrected chi connectivity index (χ2v) is 4.66. The minimum absolute atomic E-state index is 0.790. The molecule has 0 saturated heterocycles. The van der Waals surface area contributed by atoms with E-state index in [1.54, 1.807) is 0 Å². The lowest BCUT2D eigenvalue weighted by Crippen LogP contribution is -2.00. The average Bonchev–Trinajstić information content (AvgIpc) is 2.80. The molecule has 0 aliphatic rings. The van der Waals surface area contributed by atoms with Crippen LogP contribution in [-0.2, 0) is 20.1 Å². The van der Waals surface area contributed by atoms with Gasteiger partial charge in [-0.3, -0.25) is 9.36 Å². The molecule has 5 heteroatoms. The van der Waals surface area contributed by atoms with Crippen molar-refractivity contribution >= 4 is 5.69 Å². The van der Waals surface area contributed by atoms with E-state index in [2.05, 4.69) is 28.6 Å². The molecule has 0 unspecified atom stereocenters. The summed E-state index contributed by atoms with van der Waals surface area (Å²) in [5, 5.41) is 12.2. The predicted octanol–water partition coefficient (Wildman–Crippen LogP) is 2.26. The molecule has 0 fully saturated rings. The molecule has 2 heterocycles. The van der Waals surface area contributed by atoms with Crippen LogP contribution in [0, 0.1) is 13.8 Å². The number of anilines is 1. The predicted molar refractivity (Wildman–Crippen MR) is 72.5 cm³/mol. The highest BCUT2D eigenvalue weighted by Gasteiger charge is 2.06. The minimum atomic E-state index is 0.790. The Morgan fingerprint density at radius 1 is 1.17 bits per heavy atom. The van der Waals surface area contributed by atoms with E-state index in [0.717, 1.165) is 36.6 Å². The standard InChI is InChI=1S/C13H21N5/c1-5-6-18-9-13(11(3)16-18)14-7-12-8-17(4)15-10(12)2/h8-9,14H,5-7H2,1-4H3. The first kappa shape index (κ1) is 12.7. The molecule has 0 amide bonds. The van der Waals surface area contributed by atoms with Crippen LogP contribution >= 0.6 is 0 Å². The van der Waals surface area contributed by atoms with Crippen molar-refractivity contribution in [2.24, 2.45) is 7.05 Å². The van der Waals surface area contributed by atoms with Crippen molar-refractivity contribution in [2.45, 2.75) is 40.3 Å². The van der Waals surface area contributed by atoms with Gasteiger partial charge in [-0.05, 0) is 20.3 Å². The van der Waals surface area contributed by atoms with Crippen LogP contribution in [0.4, 0.5) is 5.69 Å². The zero-order chi connectivity index (χ0) is 13.1. The third-order valence-corrected chi connectivity index (χ3v) is 2.98. The van der Waals surface area contributed by atoms with Crippen molar-refractivity contribution in [3.63, 3.8) is 0 Å². The zero-order valence-electron chi connectivity index (χ0n) is 11.6. The first-order valence-electron chi connectivity index (χ1n) is 6.37. The number of nitrogens with zero attached hydrogens (tertiary/aromatic N) is 4. The summed E-state index contributed by atoms with van der Waals surface area (Å²) >= 11 is 0. The molecule has 5 nitrogen and oxygen atoms in total. The van der Waals surface area contributed by atoms with Gasteiger partial charge >= 0.3 is 0 Å². The monoisotopic (exact) mass is 247 g/mol. The first-order chi connectivity index (χ1) is 8.60. The summed E-state index contributed by atoms with van der Waals surface area (Å²) < 4.78 is 3.84. The molecule has 0 saturated carbocycles. The molecule has 18 heavy (non-hydrogen) atoms. The molecule has 0 radical (unpaired) electrons. The van der Waals surface area contributed by atoms with E-state index in [9.17, 15) is 0 Å². The molecular weight excluding hydrogens is 226 g/mol. The van der Waals surface area contributed by atoms with Crippen LogP contribution in [0.5, 0.6) is 0 Å². The van der Waals surface area contributed by atoms with Gasteiger partial charge in [-0.1, -0.05) is 6.92 Å². The molecule has 2 aromatic rings. The van der Waals surface area contributed by atoms with Crippen molar-refractivity contribution in [3.8, 4) is 0 Å². The Labute approximate surface area is 108 Å². The van der Waals surface area contributed by atoms with Gasteiger partial charge in [0.15, 0.2) is 0 Å². The van der Waals surface area contributed by atoms with Gasteiger partial charge in [-0.15, -0.1) is 0 Å². The first-order valence-corrected chi connectivity index (χ1v) is 6.37. The maximum Gasteiger partial charge on any atom is 0.0825 e. The van der Waals surface area contributed by atoms with Gasteiger partial charge in [-0.2, -0.15) is 10.2 Å². The summed E-state index contributed by atoms with van der Waals surface area (Å²) in [5.74, 6) is 0. The van der Waals surface area contributed by atoms with E-state index in [4.69, 9.17) is 0 Å². The van der Waals surface area contributed by atoms with Crippen LogP contribution in [0.15, 0.2) is 12.4 Å². The lowest BCUT2D eigenvalue weighted by molar-refractivity contribution is 0.598. The van der Waals surface area contributed by atoms with Gasteiger partial charge < -0.3 is 5.32 Å². The molecule has 0 spiro atoms. The van der Waals surface area contributed by atoms with Gasteiger partial charge in [0.25, 0.3) is 0 Å². The summed E-state index contributed by atoms with van der Waals surface area (Å²) in [6.45, 7) is 7.98. The van der Waals surface area contributed by atoms with E-state index in [0.29, 0.717) is 0 Å². The van der Waals surface area contributed by atoms with Crippen LogP contribution in [0.25, 0.3) is 0 Å². The number of nitrogens with one attached hydrogen (secondary N) is 1. The normalized spacial score (nSPS) is 10.9. The van der Waals surface area contributed by atoms with Crippen LogP contribution in [-0.4, -0.2) is 19.6 Å². The van der Waals surface area contributed by atoms with E-state index in [1.165, 1.54) is 5.56 Å². The Balaban J connectivity index is 2.03. The summed E-state index contributed by atoms with van der Waals surface area (Å²) in [6, 6.07) is 0. The third kappa shape index (κ3) is 2.72. The second-order valence-electron chi connectivity index (χ2n) is 4.66. The quantitative estimate of drug-likeness (QED) is 0.881. The van der Waals surface area contributed by atoms with Crippen LogP contribution in [0.2, 0.25) is 0 Å². The number of hydrogen-bond acceptors (Lipinski definition) is 3. The Morgan fingerprint density at radius 2 is 1.94 bits per heavy atom. The lowest BCUT2D eigenvalue weighted by Gasteiger charge is -2.03. The molecule has 1 N–H and O–H groups in total. The zero-order valence-corrected chi connectivity index (χ0v) is 11.6. The largest absolute Gasteiger partial charge is 0.378 e. The third-order valence-electron chi connectivity index (χ3n) is 2.98. The highest BCUT2D eigenvalue weighted by molar-refractivity contribution is 5.46. The van der Waals surface area contributed by atoms with Gasteiger partial charge in [0.2, 0.25) is 0 Å². The Morgan fingerprint density at radius 3 is 2.56 bits per heavy atom. The van der Waals surface area contributed by atoms with E-state index < -0.39 is 0 Å². The van der Waals surface area contributed by atoms with Crippen molar-refractivity contribution in [3.05, 3.63) is 29.3 Å². The highest BCUT2D eigenvalue weighted by atomic mass is 15.3. The molecule has 0 bridgehead atoms. The number of rotatable bonds is 5. The molecule has 0 aliphatic carbocycles.